The largest absolute Gasteiger partial charge is 0.508 e. The second kappa shape index (κ2) is 22.7. The third-order valence-corrected chi connectivity index (χ3v) is 15.1. The highest BCUT2D eigenvalue weighted by atomic mass is 32.1. The molecule has 4 saturated heterocycles. The van der Waals surface area contributed by atoms with Gasteiger partial charge in [-0.3, -0.25) is 14.6 Å². The van der Waals surface area contributed by atoms with E-state index in [-0.39, 0.29) is 30.4 Å². The van der Waals surface area contributed by atoms with Crippen LogP contribution in [0.15, 0.2) is 73.3 Å². The Bertz CT molecular complexity index is 3150. The summed E-state index contributed by atoms with van der Waals surface area (Å²) in [5.74, 6) is 17.0. The fourth-order valence-corrected chi connectivity index (χ4v) is 11.2. The fourth-order valence-electron chi connectivity index (χ4n) is 9.26. The van der Waals surface area contributed by atoms with Crippen LogP contribution in [0.2, 0.25) is 0 Å². The number of amides is 2. The highest BCUT2D eigenvalue weighted by Crippen LogP contribution is 2.37. The Morgan fingerprint density at radius 3 is 1.85 bits per heavy atom. The summed E-state index contributed by atoms with van der Waals surface area (Å²) in [6.45, 7) is 20.5. The third-order valence-electron chi connectivity index (χ3n) is 13.0. The number of phenolic OH excluding ortho intramolecular Hbond substituents is 1. The number of rotatable bonds is 10. The molecule has 0 aliphatic carbocycles. The van der Waals surface area contributed by atoms with E-state index in [1.165, 1.54) is 6.08 Å². The minimum absolute atomic E-state index is 0.138. The molecule has 0 spiro atoms. The number of carbonyl (C=O) groups excluding carboxylic acids is 2. The van der Waals surface area contributed by atoms with Gasteiger partial charge >= 0.3 is 6.09 Å². The first-order chi connectivity index (χ1) is 35.9. The standard InChI is InChI=1S/C55H60N10O7S2/c1-5-47(67)65-23-20-61(17-9-15-44-35-45-48(74-44)52(62-24-28-69-29-25-62)58-50(56-45)38-10-6-12-41(66)32-38)36-40(65)37-71-42-13-7-11-39(33-42)51-57-46-34-43(73-49(46)53(59-51)63-26-30-70-31-27-63)14-8-16-60-18-21-64(22-19-60)54(68)72-55(2,3)4/h5-7,10-13,32-35,40,66H,1,16-31,36-37H2,2-4H3. The van der Waals surface area contributed by atoms with Crippen LogP contribution in [0, 0.1) is 23.7 Å². The number of hydrogen-bond donors (Lipinski definition) is 1. The van der Waals surface area contributed by atoms with Crippen molar-refractivity contribution in [3.63, 3.8) is 0 Å². The molecular weight excluding hydrogens is 977 g/mol. The lowest BCUT2D eigenvalue weighted by molar-refractivity contribution is -0.131. The molecule has 10 rings (SSSR count). The maximum atomic E-state index is 13.2. The minimum atomic E-state index is -0.523. The van der Waals surface area contributed by atoms with Crippen molar-refractivity contribution in [3.05, 3.63) is 83.1 Å². The Hall–Kier alpha value is -6.84. The summed E-state index contributed by atoms with van der Waals surface area (Å²) in [4.78, 5) is 60.3. The van der Waals surface area contributed by atoms with Gasteiger partial charge in [0.2, 0.25) is 5.91 Å². The summed E-state index contributed by atoms with van der Waals surface area (Å²) in [5, 5.41) is 10.2. The van der Waals surface area contributed by atoms with Crippen LogP contribution in [0.3, 0.4) is 0 Å². The first kappa shape index (κ1) is 50.7. The summed E-state index contributed by atoms with van der Waals surface area (Å²) >= 11 is 3.17. The van der Waals surface area contributed by atoms with Crippen molar-refractivity contribution < 1.29 is 33.6 Å². The number of fused-ring (bicyclic) bond motifs is 2. The van der Waals surface area contributed by atoms with E-state index >= 15 is 0 Å². The van der Waals surface area contributed by atoms with Gasteiger partial charge in [0.25, 0.3) is 0 Å². The summed E-state index contributed by atoms with van der Waals surface area (Å²) < 4.78 is 25.4. The van der Waals surface area contributed by atoms with Crippen LogP contribution in [-0.2, 0) is 19.0 Å². The average molecular weight is 1040 g/mol. The maximum Gasteiger partial charge on any atom is 0.410 e. The van der Waals surface area contributed by atoms with Crippen LogP contribution in [-0.4, -0.2) is 186 Å². The second-order valence-corrected chi connectivity index (χ2v) is 21.6. The van der Waals surface area contributed by atoms with E-state index in [1.54, 1.807) is 45.8 Å². The van der Waals surface area contributed by atoms with Crippen molar-refractivity contribution >= 4 is 66.7 Å². The number of carbonyl (C=O) groups is 2. The number of phenols is 1. The summed E-state index contributed by atoms with van der Waals surface area (Å²) in [7, 11) is 0. The number of benzene rings is 2. The summed E-state index contributed by atoms with van der Waals surface area (Å²) in [5.41, 5.74) is 2.65. The van der Waals surface area contributed by atoms with Crippen molar-refractivity contribution in [3.8, 4) is 58.0 Å². The quantitative estimate of drug-likeness (QED) is 0.118. The number of morpholine rings is 2. The molecule has 1 atom stereocenters. The molecule has 1 N–H and O–H groups in total. The zero-order valence-electron chi connectivity index (χ0n) is 42.0. The molecule has 1 unspecified atom stereocenters. The van der Waals surface area contributed by atoms with Crippen LogP contribution in [0.25, 0.3) is 43.2 Å². The van der Waals surface area contributed by atoms with Gasteiger partial charge in [0.05, 0.1) is 75.7 Å². The van der Waals surface area contributed by atoms with Gasteiger partial charge in [-0.25, -0.2) is 24.7 Å². The molecule has 4 aliphatic rings. The lowest BCUT2D eigenvalue weighted by Gasteiger charge is -2.40. The molecule has 4 aliphatic heterocycles. The van der Waals surface area contributed by atoms with E-state index < -0.39 is 5.60 Å². The van der Waals surface area contributed by atoms with E-state index in [2.05, 4.69) is 49.9 Å². The molecule has 0 saturated carbocycles. The van der Waals surface area contributed by atoms with Gasteiger partial charge < -0.3 is 43.7 Å². The molecule has 0 bridgehead atoms. The molecule has 4 fully saturated rings. The van der Waals surface area contributed by atoms with Crippen LogP contribution in [0.5, 0.6) is 11.5 Å². The van der Waals surface area contributed by atoms with Crippen molar-refractivity contribution in [2.45, 2.75) is 32.4 Å². The molecule has 6 aromatic rings. The van der Waals surface area contributed by atoms with E-state index in [1.807, 2.05) is 68.1 Å². The monoisotopic (exact) mass is 1040 g/mol. The smallest absolute Gasteiger partial charge is 0.410 e. The Balaban J connectivity index is 0.819. The lowest BCUT2D eigenvalue weighted by atomic mass is 10.1. The van der Waals surface area contributed by atoms with E-state index in [9.17, 15) is 14.7 Å². The van der Waals surface area contributed by atoms with Crippen molar-refractivity contribution in [2.24, 2.45) is 0 Å². The van der Waals surface area contributed by atoms with Crippen LogP contribution in [0.1, 0.15) is 30.5 Å². The van der Waals surface area contributed by atoms with Crippen molar-refractivity contribution in [1.82, 2.24) is 39.5 Å². The van der Waals surface area contributed by atoms with Crippen LogP contribution >= 0.6 is 22.7 Å². The Morgan fingerprint density at radius 1 is 0.730 bits per heavy atom. The van der Waals surface area contributed by atoms with E-state index in [0.29, 0.717) is 103 Å². The normalized spacial score (nSPS) is 17.9. The van der Waals surface area contributed by atoms with Gasteiger partial charge in [0.15, 0.2) is 23.3 Å². The third kappa shape index (κ3) is 12.2. The number of nitrogens with zero attached hydrogens (tertiary/aromatic N) is 10. The number of hydrogen-bond acceptors (Lipinski definition) is 17. The number of piperazine rings is 2. The predicted molar refractivity (Wildman–Crippen MR) is 289 cm³/mol. The number of ether oxygens (including phenoxy) is 4. The second-order valence-electron chi connectivity index (χ2n) is 19.5. The fraction of sp³-hybridized carbons (Fsp3) is 0.418. The lowest BCUT2D eigenvalue weighted by Crippen LogP contribution is -2.56. The molecule has 2 amide bonds. The zero-order valence-corrected chi connectivity index (χ0v) is 43.7. The Kier molecular flexibility index (Phi) is 15.6. The predicted octanol–water partition coefficient (Wildman–Crippen LogP) is 6.44. The van der Waals surface area contributed by atoms with Crippen LogP contribution < -0.4 is 14.5 Å². The first-order valence-electron chi connectivity index (χ1n) is 25.1. The van der Waals surface area contributed by atoms with Gasteiger partial charge in [-0.15, -0.1) is 22.7 Å². The van der Waals surface area contributed by atoms with Crippen LogP contribution in [0.4, 0.5) is 16.4 Å². The zero-order chi connectivity index (χ0) is 51.2. The molecule has 4 aromatic heterocycles. The molecule has 17 nitrogen and oxygen atoms in total. The summed E-state index contributed by atoms with van der Waals surface area (Å²) in [6, 6.07) is 18.6. The Morgan fingerprint density at radius 2 is 1.28 bits per heavy atom. The summed E-state index contributed by atoms with van der Waals surface area (Å²) in [6.07, 6.45) is 1.09. The SMILES string of the molecule is C=CC(=O)N1CCN(CC#Cc2cc3nc(-c4cccc(O)c4)nc(N4CCOCC4)c3s2)CC1COc1cccc(-c2nc(N3CCOCC3)c3sc(C#CCN4CCN(C(=O)OC(C)(C)C)CC4)cc3n2)c1. The molecule has 74 heavy (non-hydrogen) atoms. The molecule has 8 heterocycles. The van der Waals surface area contributed by atoms with E-state index in [0.717, 1.165) is 79.1 Å². The van der Waals surface area contributed by atoms with Gasteiger partial charge in [0, 0.05) is 83.1 Å². The molecule has 0 radical (unpaired) electrons. The minimum Gasteiger partial charge on any atom is -0.508 e. The molecule has 2 aromatic carbocycles. The number of aromatic nitrogens is 4. The number of aromatic hydroxyl groups is 1. The molecule has 19 heteroatoms. The average Bonchev–Trinajstić information content (AvgIpc) is 4.03. The van der Waals surface area contributed by atoms with Crippen molar-refractivity contribution in [2.75, 3.05) is 128 Å². The van der Waals surface area contributed by atoms with Gasteiger partial charge in [-0.2, -0.15) is 0 Å². The number of thiophene rings is 2. The van der Waals surface area contributed by atoms with Crippen molar-refractivity contribution in [1.29, 1.82) is 0 Å². The Labute approximate surface area is 439 Å². The van der Waals surface area contributed by atoms with E-state index in [4.69, 9.17) is 38.9 Å². The van der Waals surface area contributed by atoms with Gasteiger partial charge in [-0.1, -0.05) is 54.5 Å². The number of anilines is 2. The highest BCUT2D eigenvalue weighted by Gasteiger charge is 2.31. The molecule has 384 valence electrons. The highest BCUT2D eigenvalue weighted by molar-refractivity contribution is 7.20. The topological polar surface area (TPSA) is 162 Å². The van der Waals surface area contributed by atoms with Gasteiger partial charge in [-0.05, 0) is 63.2 Å². The molecular formula is C55H60N10O7S2. The maximum absolute atomic E-state index is 13.2. The van der Waals surface area contributed by atoms with Gasteiger partial charge in [0.1, 0.15) is 23.7 Å². The first-order valence-corrected chi connectivity index (χ1v) is 26.7.